The van der Waals surface area contributed by atoms with Crippen LogP contribution in [0.25, 0.3) is 0 Å². The topological polar surface area (TPSA) is 78.1 Å². The molecule has 1 saturated heterocycles. The number of guanidine groups is 1. The van der Waals surface area contributed by atoms with E-state index in [-0.39, 0.29) is 5.41 Å². The lowest BCUT2D eigenvalue weighted by molar-refractivity contribution is 0.0531. The van der Waals surface area contributed by atoms with Gasteiger partial charge in [0.15, 0.2) is 5.96 Å². The zero-order valence-electron chi connectivity index (χ0n) is 16.6. The molecule has 3 rings (SSSR count). The number of ether oxygens (including phenoxy) is 3. The number of methoxy groups -OCH3 is 1. The first-order valence-corrected chi connectivity index (χ1v) is 9.68. The van der Waals surface area contributed by atoms with E-state index in [2.05, 4.69) is 22.4 Å². The normalized spacial score (nSPS) is 16.4. The number of anilines is 1. The van der Waals surface area contributed by atoms with Crippen molar-refractivity contribution in [2.75, 3.05) is 38.8 Å². The smallest absolute Gasteiger partial charge is 0.193 e. The summed E-state index contributed by atoms with van der Waals surface area (Å²) in [6.45, 7) is 4.69. The first-order valence-electron chi connectivity index (χ1n) is 9.68. The van der Waals surface area contributed by atoms with E-state index in [9.17, 15) is 0 Å². The number of nitrogens with two attached hydrogens (primary N) is 1. The van der Waals surface area contributed by atoms with Gasteiger partial charge in [0.25, 0.3) is 0 Å². The van der Waals surface area contributed by atoms with Crippen molar-refractivity contribution in [1.29, 1.82) is 0 Å². The van der Waals surface area contributed by atoms with Gasteiger partial charge in [-0.3, -0.25) is 4.99 Å². The molecule has 0 aromatic heterocycles. The van der Waals surface area contributed by atoms with Gasteiger partial charge in [-0.05, 0) is 49.6 Å². The average Bonchev–Trinajstić information content (AvgIpc) is 2.74. The Morgan fingerprint density at radius 3 is 2.54 bits per heavy atom. The molecule has 0 atom stereocenters. The van der Waals surface area contributed by atoms with Crippen molar-refractivity contribution in [2.24, 2.45) is 10.7 Å². The summed E-state index contributed by atoms with van der Waals surface area (Å²) in [6, 6.07) is 16.0. The predicted molar refractivity (Wildman–Crippen MR) is 112 cm³/mol. The van der Waals surface area contributed by atoms with Crippen LogP contribution in [0.3, 0.4) is 0 Å². The number of benzene rings is 2. The van der Waals surface area contributed by atoms with Crippen LogP contribution in [0.4, 0.5) is 5.69 Å². The highest BCUT2D eigenvalue weighted by molar-refractivity contribution is 5.93. The third-order valence-corrected chi connectivity index (χ3v) is 5.15. The van der Waals surface area contributed by atoms with Crippen molar-refractivity contribution < 1.29 is 14.2 Å². The average molecular weight is 383 g/mol. The lowest BCUT2D eigenvalue weighted by Gasteiger charge is -2.36. The van der Waals surface area contributed by atoms with Crippen LogP contribution in [0.15, 0.2) is 53.5 Å². The Morgan fingerprint density at radius 2 is 1.86 bits per heavy atom. The van der Waals surface area contributed by atoms with Crippen LogP contribution in [-0.2, 0) is 10.2 Å². The molecule has 1 heterocycles. The van der Waals surface area contributed by atoms with Crippen LogP contribution in [0.1, 0.15) is 25.3 Å². The quantitative estimate of drug-likeness (QED) is 0.565. The largest absolute Gasteiger partial charge is 0.495 e. The molecule has 0 bridgehead atoms. The number of para-hydroxylation sites is 2. The molecule has 0 spiro atoms. The van der Waals surface area contributed by atoms with E-state index >= 15 is 0 Å². The Morgan fingerprint density at radius 1 is 1.14 bits per heavy atom. The van der Waals surface area contributed by atoms with Crippen molar-refractivity contribution in [3.05, 3.63) is 54.1 Å². The molecule has 0 saturated carbocycles. The van der Waals surface area contributed by atoms with E-state index in [0.29, 0.717) is 19.1 Å². The first-order chi connectivity index (χ1) is 13.7. The van der Waals surface area contributed by atoms with Crippen LogP contribution < -0.4 is 20.5 Å². The molecule has 1 aliphatic rings. The Kier molecular flexibility index (Phi) is 6.76. The molecular weight excluding hydrogens is 354 g/mol. The zero-order chi connectivity index (χ0) is 19.8. The molecule has 0 unspecified atom stereocenters. The Bertz CT molecular complexity index is 784. The van der Waals surface area contributed by atoms with E-state index in [4.69, 9.17) is 19.9 Å². The number of hydrogen-bond donors (Lipinski definition) is 2. The van der Waals surface area contributed by atoms with Crippen molar-refractivity contribution in [3.8, 4) is 11.5 Å². The molecule has 1 aliphatic heterocycles. The van der Waals surface area contributed by atoms with Gasteiger partial charge in [-0.15, -0.1) is 0 Å². The van der Waals surface area contributed by atoms with E-state index in [1.165, 1.54) is 5.56 Å². The number of nitrogens with one attached hydrogen (secondary N) is 1. The summed E-state index contributed by atoms with van der Waals surface area (Å²) < 4.78 is 16.5. The summed E-state index contributed by atoms with van der Waals surface area (Å²) in [5.74, 6) is 1.99. The summed E-state index contributed by atoms with van der Waals surface area (Å²) >= 11 is 0. The molecule has 6 heteroatoms. The monoisotopic (exact) mass is 383 g/mol. The standard InChI is InChI=1S/C22H29N3O3/c1-3-28-18-10-8-17(9-11-18)22(12-14-27-15-13-22)16-24-21(23)25-19-6-4-5-7-20(19)26-2/h4-11H,3,12-16H2,1-2H3,(H3,23,24,25). The number of rotatable bonds is 7. The fourth-order valence-corrected chi connectivity index (χ4v) is 3.53. The van der Waals surface area contributed by atoms with Crippen LogP contribution in [-0.4, -0.2) is 39.4 Å². The van der Waals surface area contributed by atoms with Crippen LogP contribution >= 0.6 is 0 Å². The summed E-state index contributed by atoms with van der Waals surface area (Å²) in [7, 11) is 1.64. The van der Waals surface area contributed by atoms with Crippen LogP contribution in [0, 0.1) is 0 Å². The molecular formula is C22H29N3O3. The van der Waals surface area contributed by atoms with Gasteiger partial charge in [-0.25, -0.2) is 0 Å². The number of aliphatic imine (C=N–C) groups is 1. The van der Waals surface area contributed by atoms with Crippen LogP contribution in [0.5, 0.6) is 11.5 Å². The molecule has 3 N–H and O–H groups in total. The maximum atomic E-state index is 6.18. The Labute approximate surface area is 166 Å². The highest BCUT2D eigenvalue weighted by Gasteiger charge is 2.34. The summed E-state index contributed by atoms with van der Waals surface area (Å²) in [5, 5.41) is 3.15. The maximum absolute atomic E-state index is 6.18. The molecule has 28 heavy (non-hydrogen) atoms. The predicted octanol–water partition coefficient (Wildman–Crippen LogP) is 3.57. The van der Waals surface area contributed by atoms with Crippen molar-refractivity contribution in [1.82, 2.24) is 0 Å². The molecule has 2 aromatic rings. The first kappa shape index (κ1) is 20.0. The van der Waals surface area contributed by atoms with Gasteiger partial charge in [-0.1, -0.05) is 24.3 Å². The summed E-state index contributed by atoms with van der Waals surface area (Å²) in [5.41, 5.74) is 8.13. The van der Waals surface area contributed by atoms with Gasteiger partial charge in [-0.2, -0.15) is 0 Å². The van der Waals surface area contributed by atoms with Gasteiger partial charge >= 0.3 is 0 Å². The molecule has 6 nitrogen and oxygen atoms in total. The van der Waals surface area contributed by atoms with E-state index < -0.39 is 0 Å². The summed E-state index contributed by atoms with van der Waals surface area (Å²) in [4.78, 5) is 4.67. The van der Waals surface area contributed by atoms with Gasteiger partial charge in [0.05, 0.1) is 25.9 Å². The van der Waals surface area contributed by atoms with E-state index in [1.807, 2.05) is 43.3 Å². The van der Waals surface area contributed by atoms with Gasteiger partial charge < -0.3 is 25.3 Å². The van der Waals surface area contributed by atoms with E-state index in [0.717, 1.165) is 43.2 Å². The molecule has 1 fully saturated rings. The SMILES string of the molecule is CCOc1ccc(C2(CN=C(N)Nc3ccccc3OC)CCOCC2)cc1. The molecule has 2 aromatic carbocycles. The fourth-order valence-electron chi connectivity index (χ4n) is 3.53. The van der Waals surface area contributed by atoms with Crippen molar-refractivity contribution in [2.45, 2.75) is 25.2 Å². The zero-order valence-corrected chi connectivity index (χ0v) is 16.6. The lowest BCUT2D eigenvalue weighted by Crippen LogP contribution is -2.38. The third-order valence-electron chi connectivity index (χ3n) is 5.15. The third kappa shape index (κ3) is 4.75. The Hall–Kier alpha value is -2.73. The highest BCUT2D eigenvalue weighted by Crippen LogP contribution is 2.36. The number of hydrogen-bond acceptors (Lipinski definition) is 4. The minimum Gasteiger partial charge on any atom is -0.495 e. The Balaban J connectivity index is 1.77. The van der Waals surface area contributed by atoms with Crippen molar-refractivity contribution >= 4 is 11.6 Å². The van der Waals surface area contributed by atoms with Gasteiger partial charge in [0.2, 0.25) is 0 Å². The van der Waals surface area contributed by atoms with E-state index in [1.54, 1.807) is 7.11 Å². The molecule has 0 aliphatic carbocycles. The maximum Gasteiger partial charge on any atom is 0.193 e. The fraction of sp³-hybridized carbons (Fsp3) is 0.409. The van der Waals surface area contributed by atoms with Gasteiger partial charge in [0.1, 0.15) is 11.5 Å². The number of nitrogens with zero attached hydrogens (tertiary/aromatic N) is 1. The highest BCUT2D eigenvalue weighted by atomic mass is 16.5. The molecule has 0 amide bonds. The second-order valence-electron chi connectivity index (χ2n) is 6.88. The second-order valence-corrected chi connectivity index (χ2v) is 6.88. The minimum absolute atomic E-state index is 0.0872. The summed E-state index contributed by atoms with van der Waals surface area (Å²) in [6.07, 6.45) is 1.82. The molecule has 150 valence electrons. The molecule has 0 radical (unpaired) electrons. The minimum atomic E-state index is -0.0872. The second kappa shape index (κ2) is 9.46. The lowest BCUT2D eigenvalue weighted by atomic mass is 9.74. The van der Waals surface area contributed by atoms with Gasteiger partial charge in [0, 0.05) is 18.6 Å². The van der Waals surface area contributed by atoms with Crippen LogP contribution in [0.2, 0.25) is 0 Å². The van der Waals surface area contributed by atoms with Crippen molar-refractivity contribution in [3.63, 3.8) is 0 Å².